The second-order valence-electron chi connectivity index (χ2n) is 6.06. The molecule has 1 fully saturated rings. The van der Waals surface area contributed by atoms with Gasteiger partial charge in [-0.1, -0.05) is 29.3 Å². The molecule has 1 saturated heterocycles. The molecule has 1 aromatic carbocycles. The lowest BCUT2D eigenvalue weighted by Gasteiger charge is -2.36. The van der Waals surface area contributed by atoms with Crippen LogP contribution >= 0.6 is 15.9 Å². The van der Waals surface area contributed by atoms with Crippen LogP contribution in [0.4, 0.5) is 5.69 Å². The van der Waals surface area contributed by atoms with Crippen LogP contribution in [-0.2, 0) is 11.2 Å². The molecule has 4 heteroatoms. The van der Waals surface area contributed by atoms with Gasteiger partial charge in [-0.3, -0.25) is 9.69 Å². The van der Waals surface area contributed by atoms with Gasteiger partial charge in [-0.15, -0.1) is 0 Å². The van der Waals surface area contributed by atoms with Gasteiger partial charge in [0.25, 0.3) is 0 Å². The van der Waals surface area contributed by atoms with Gasteiger partial charge in [0.05, 0.1) is 6.04 Å². The molecule has 1 unspecified atom stereocenters. The Morgan fingerprint density at radius 2 is 2.19 bits per heavy atom. The predicted molar refractivity (Wildman–Crippen MR) is 89.7 cm³/mol. The minimum Gasteiger partial charge on any atom is -0.310 e. The molecule has 1 aromatic rings. The van der Waals surface area contributed by atoms with Gasteiger partial charge in [0, 0.05) is 16.7 Å². The van der Waals surface area contributed by atoms with Gasteiger partial charge in [-0.2, -0.15) is 0 Å². The van der Waals surface area contributed by atoms with Crippen LogP contribution < -0.4 is 4.90 Å². The first-order valence-corrected chi connectivity index (χ1v) is 8.84. The third-order valence-electron chi connectivity index (χ3n) is 4.61. The number of piperidine rings is 1. The maximum atomic E-state index is 13.0. The van der Waals surface area contributed by atoms with Crippen molar-refractivity contribution in [1.82, 2.24) is 4.90 Å². The third-order valence-corrected chi connectivity index (χ3v) is 5.11. The molecular formula is C17H23BrN2O. The zero-order chi connectivity index (χ0) is 14.8. The summed E-state index contributed by atoms with van der Waals surface area (Å²) in [6, 6.07) is 6.35. The Morgan fingerprint density at radius 1 is 1.33 bits per heavy atom. The minimum atomic E-state index is 0.0910. The lowest BCUT2D eigenvalue weighted by Crippen LogP contribution is -2.50. The lowest BCUT2D eigenvalue weighted by molar-refractivity contribution is -0.124. The van der Waals surface area contributed by atoms with Gasteiger partial charge >= 0.3 is 0 Å². The van der Waals surface area contributed by atoms with E-state index < -0.39 is 0 Å². The van der Waals surface area contributed by atoms with E-state index >= 15 is 0 Å². The fourth-order valence-corrected chi connectivity index (χ4v) is 4.01. The molecule has 0 bridgehead atoms. The summed E-state index contributed by atoms with van der Waals surface area (Å²) >= 11 is 3.52. The fourth-order valence-electron chi connectivity index (χ4n) is 3.60. The van der Waals surface area contributed by atoms with Gasteiger partial charge in [0.15, 0.2) is 0 Å². The van der Waals surface area contributed by atoms with Crippen molar-refractivity contribution in [3.63, 3.8) is 0 Å². The molecule has 1 atom stereocenters. The molecular weight excluding hydrogens is 328 g/mol. The number of fused-ring (bicyclic) bond motifs is 1. The number of halogens is 1. The van der Waals surface area contributed by atoms with Crippen LogP contribution in [0, 0.1) is 0 Å². The first-order chi connectivity index (χ1) is 10.2. The van der Waals surface area contributed by atoms with Crippen LogP contribution in [0.25, 0.3) is 0 Å². The van der Waals surface area contributed by atoms with Crippen LogP contribution in [0.2, 0.25) is 0 Å². The molecule has 0 radical (unpaired) electrons. The number of carbonyl (C=O) groups excluding carboxylic acids is 1. The molecule has 1 amide bonds. The molecule has 0 aliphatic carbocycles. The maximum absolute atomic E-state index is 13.0. The summed E-state index contributed by atoms with van der Waals surface area (Å²) in [5.74, 6) is 0.309. The van der Waals surface area contributed by atoms with E-state index in [1.54, 1.807) is 0 Å². The Balaban J connectivity index is 1.79. The summed E-state index contributed by atoms with van der Waals surface area (Å²) in [5, 5.41) is 0. The molecule has 0 aromatic heterocycles. The third kappa shape index (κ3) is 3.02. The number of hydrogen-bond acceptors (Lipinski definition) is 2. The van der Waals surface area contributed by atoms with Gasteiger partial charge < -0.3 is 4.90 Å². The van der Waals surface area contributed by atoms with Gasteiger partial charge in [-0.25, -0.2) is 0 Å². The highest BCUT2D eigenvalue weighted by atomic mass is 79.9. The molecule has 2 aliphatic heterocycles. The largest absolute Gasteiger partial charge is 0.310 e. The van der Waals surface area contributed by atoms with E-state index in [2.05, 4.69) is 39.9 Å². The van der Waals surface area contributed by atoms with Crippen molar-refractivity contribution in [2.45, 2.75) is 45.1 Å². The Morgan fingerprint density at radius 3 is 3.00 bits per heavy atom. The van der Waals surface area contributed by atoms with E-state index in [0.717, 1.165) is 49.1 Å². The smallest absolute Gasteiger partial charge is 0.244 e. The molecule has 2 aliphatic rings. The average Bonchev–Trinajstić information content (AvgIpc) is 2.90. The molecule has 3 nitrogen and oxygen atoms in total. The first-order valence-electron chi connectivity index (χ1n) is 8.04. The highest BCUT2D eigenvalue weighted by Gasteiger charge is 2.34. The zero-order valence-electron chi connectivity index (χ0n) is 12.6. The summed E-state index contributed by atoms with van der Waals surface area (Å²) in [4.78, 5) is 17.4. The molecule has 0 N–H and O–H groups in total. The SMILES string of the molecule is CCCN1CCCCC1C(=O)N1CCc2cc(Br)ccc21. The second-order valence-corrected chi connectivity index (χ2v) is 6.98. The van der Waals surface area contributed by atoms with Crippen molar-refractivity contribution in [2.75, 3.05) is 24.5 Å². The number of benzene rings is 1. The van der Waals surface area contributed by atoms with E-state index in [1.807, 2.05) is 11.0 Å². The average molecular weight is 351 g/mol. The predicted octanol–water partition coefficient (Wildman–Crippen LogP) is 3.60. The zero-order valence-corrected chi connectivity index (χ0v) is 14.2. The number of likely N-dealkylation sites (tertiary alicyclic amines) is 1. The molecule has 3 rings (SSSR count). The normalized spacial score (nSPS) is 22.4. The van der Waals surface area contributed by atoms with Gasteiger partial charge in [-0.05, 0) is 62.5 Å². The highest BCUT2D eigenvalue weighted by molar-refractivity contribution is 9.10. The fraction of sp³-hybridized carbons (Fsp3) is 0.588. The summed E-state index contributed by atoms with van der Waals surface area (Å²) in [7, 11) is 0. The van der Waals surface area contributed by atoms with E-state index in [9.17, 15) is 4.79 Å². The van der Waals surface area contributed by atoms with Crippen LogP contribution in [0.1, 0.15) is 38.2 Å². The number of anilines is 1. The van der Waals surface area contributed by atoms with Crippen molar-refractivity contribution in [2.24, 2.45) is 0 Å². The van der Waals surface area contributed by atoms with Crippen molar-refractivity contribution in [1.29, 1.82) is 0 Å². The van der Waals surface area contributed by atoms with E-state index in [0.29, 0.717) is 5.91 Å². The lowest BCUT2D eigenvalue weighted by atomic mass is 10.0. The molecule has 2 heterocycles. The van der Waals surface area contributed by atoms with Crippen molar-refractivity contribution >= 4 is 27.5 Å². The van der Waals surface area contributed by atoms with Crippen LogP contribution in [0.3, 0.4) is 0 Å². The highest BCUT2D eigenvalue weighted by Crippen LogP contribution is 2.32. The van der Waals surface area contributed by atoms with E-state index in [-0.39, 0.29) is 6.04 Å². The number of carbonyl (C=O) groups is 1. The number of hydrogen-bond donors (Lipinski definition) is 0. The van der Waals surface area contributed by atoms with Crippen LogP contribution in [-0.4, -0.2) is 36.5 Å². The van der Waals surface area contributed by atoms with Crippen molar-refractivity contribution in [3.8, 4) is 0 Å². The Labute approximate surface area is 135 Å². The summed E-state index contributed by atoms with van der Waals surface area (Å²) < 4.78 is 1.10. The molecule has 114 valence electrons. The van der Waals surface area contributed by atoms with Gasteiger partial charge in [0.1, 0.15) is 0 Å². The minimum absolute atomic E-state index is 0.0910. The summed E-state index contributed by atoms with van der Waals surface area (Å²) in [6.45, 7) is 5.14. The molecule has 0 saturated carbocycles. The molecule has 0 spiro atoms. The topological polar surface area (TPSA) is 23.6 Å². The van der Waals surface area contributed by atoms with Gasteiger partial charge in [0.2, 0.25) is 5.91 Å². The first kappa shape index (κ1) is 15.0. The Bertz CT molecular complexity index is 530. The Kier molecular flexibility index (Phi) is 4.65. The monoisotopic (exact) mass is 350 g/mol. The standard InChI is InChI=1S/C17H23BrN2O/c1-2-9-19-10-4-3-5-16(19)17(21)20-11-8-13-12-14(18)6-7-15(13)20/h6-7,12,16H,2-5,8-11H2,1H3. The second kappa shape index (κ2) is 6.49. The van der Waals surface area contributed by atoms with E-state index in [4.69, 9.17) is 0 Å². The number of amides is 1. The molecule has 21 heavy (non-hydrogen) atoms. The quantitative estimate of drug-likeness (QED) is 0.831. The number of nitrogens with zero attached hydrogens (tertiary/aromatic N) is 2. The Hall–Kier alpha value is -0.870. The van der Waals surface area contributed by atoms with E-state index in [1.165, 1.54) is 18.4 Å². The van der Waals surface area contributed by atoms with Crippen LogP contribution in [0.15, 0.2) is 22.7 Å². The van der Waals surface area contributed by atoms with Crippen LogP contribution in [0.5, 0.6) is 0 Å². The van der Waals surface area contributed by atoms with Crippen molar-refractivity contribution in [3.05, 3.63) is 28.2 Å². The van der Waals surface area contributed by atoms with Crippen molar-refractivity contribution < 1.29 is 4.79 Å². The summed E-state index contributed by atoms with van der Waals surface area (Å²) in [5.41, 5.74) is 2.40. The number of rotatable bonds is 3. The summed E-state index contributed by atoms with van der Waals surface area (Å²) in [6.07, 6.45) is 5.51. The maximum Gasteiger partial charge on any atom is 0.244 e.